The summed E-state index contributed by atoms with van der Waals surface area (Å²) in [5.41, 5.74) is -0.138. The normalized spacial score (nSPS) is 15.7. The van der Waals surface area contributed by atoms with Crippen molar-refractivity contribution in [3.8, 4) is 5.69 Å². The molecule has 7 nitrogen and oxygen atoms in total. The van der Waals surface area contributed by atoms with Gasteiger partial charge in [-0.3, -0.25) is 0 Å². The summed E-state index contributed by atoms with van der Waals surface area (Å²) in [5, 5.41) is 4.22. The summed E-state index contributed by atoms with van der Waals surface area (Å²) < 4.78 is 52.5. The van der Waals surface area contributed by atoms with Crippen LogP contribution >= 0.6 is 11.6 Å². The standard InChI is InChI=1S/C24H21ClF3N3O4/c1-34-22(32)16-8-5-6-12-30(20(16)23(33)35-2)19-13-14(25)10-11-18(19)31-17-9-4-3-7-15(17)21(29-31)24(26,27)28/h5-6,8,10-13H,3-4,7,9H2,1-2H3. The topological polar surface area (TPSA) is 73.7 Å². The summed E-state index contributed by atoms with van der Waals surface area (Å²) >= 11 is 6.27. The number of halogens is 4. The number of benzene rings is 1. The molecular formula is C24H21ClF3N3O4. The molecule has 11 heteroatoms. The molecule has 0 radical (unpaired) electrons. The Hall–Kier alpha value is -3.53. The quantitative estimate of drug-likeness (QED) is 0.547. The van der Waals surface area contributed by atoms with Crippen LogP contribution in [0.2, 0.25) is 5.02 Å². The predicted octanol–water partition coefficient (Wildman–Crippen LogP) is 4.91. The molecule has 0 bridgehead atoms. The Labute approximate surface area is 204 Å². The Balaban J connectivity index is 1.99. The third-order valence-corrected chi connectivity index (χ3v) is 6.00. The first-order valence-electron chi connectivity index (χ1n) is 10.7. The lowest BCUT2D eigenvalue weighted by atomic mass is 9.95. The van der Waals surface area contributed by atoms with Gasteiger partial charge >= 0.3 is 18.1 Å². The molecule has 0 spiro atoms. The number of carbonyl (C=O) groups is 2. The molecule has 0 fully saturated rings. The first-order valence-corrected chi connectivity index (χ1v) is 11.1. The molecular weight excluding hydrogens is 487 g/mol. The number of carbonyl (C=O) groups excluding carboxylic acids is 2. The third kappa shape index (κ3) is 4.58. The van der Waals surface area contributed by atoms with Crippen LogP contribution in [0, 0.1) is 0 Å². The van der Waals surface area contributed by atoms with Crippen molar-refractivity contribution in [3.05, 3.63) is 75.9 Å². The van der Waals surface area contributed by atoms with Gasteiger partial charge in [-0.1, -0.05) is 17.7 Å². The molecule has 0 saturated carbocycles. The molecule has 2 aromatic rings. The lowest BCUT2D eigenvalue weighted by molar-refractivity contribution is -0.142. The van der Waals surface area contributed by atoms with Crippen molar-refractivity contribution in [2.45, 2.75) is 31.9 Å². The second kappa shape index (κ2) is 9.61. The van der Waals surface area contributed by atoms with Gasteiger partial charge in [0.15, 0.2) is 5.69 Å². The number of fused-ring (bicyclic) bond motifs is 1. The number of nitrogens with zero attached hydrogens (tertiary/aromatic N) is 3. The lowest BCUT2D eigenvalue weighted by Crippen LogP contribution is -2.28. The van der Waals surface area contributed by atoms with Crippen molar-refractivity contribution in [3.63, 3.8) is 0 Å². The van der Waals surface area contributed by atoms with Crippen molar-refractivity contribution in [2.24, 2.45) is 0 Å². The summed E-state index contributed by atoms with van der Waals surface area (Å²) in [6, 6.07) is 4.53. The van der Waals surface area contributed by atoms with Gasteiger partial charge in [0.2, 0.25) is 0 Å². The van der Waals surface area contributed by atoms with Crippen molar-refractivity contribution in [1.82, 2.24) is 9.78 Å². The molecule has 1 aliphatic heterocycles. The van der Waals surface area contributed by atoms with E-state index in [2.05, 4.69) is 5.10 Å². The van der Waals surface area contributed by atoms with Gasteiger partial charge in [-0.2, -0.15) is 18.3 Å². The number of rotatable bonds is 4. The fraction of sp³-hybridized carbons (Fsp3) is 0.292. The fourth-order valence-corrected chi connectivity index (χ4v) is 4.41. The van der Waals surface area contributed by atoms with Gasteiger partial charge in [-0.05, 0) is 56.0 Å². The number of allylic oxidation sites excluding steroid dienone is 2. The van der Waals surface area contributed by atoms with Crippen LogP contribution < -0.4 is 4.90 Å². The molecule has 1 aromatic heterocycles. The maximum atomic E-state index is 13.8. The summed E-state index contributed by atoms with van der Waals surface area (Å²) in [4.78, 5) is 26.7. The van der Waals surface area contributed by atoms with Gasteiger partial charge in [-0.15, -0.1) is 0 Å². The zero-order valence-corrected chi connectivity index (χ0v) is 19.6. The average molecular weight is 508 g/mol. The molecule has 184 valence electrons. The van der Waals surface area contributed by atoms with E-state index in [0.717, 1.165) is 7.11 Å². The van der Waals surface area contributed by atoms with Crippen LogP contribution in [0.3, 0.4) is 0 Å². The van der Waals surface area contributed by atoms with Gasteiger partial charge in [0, 0.05) is 22.5 Å². The molecule has 2 aliphatic rings. The predicted molar refractivity (Wildman–Crippen MR) is 122 cm³/mol. The molecule has 0 atom stereocenters. The van der Waals surface area contributed by atoms with Crippen molar-refractivity contribution in [1.29, 1.82) is 0 Å². The van der Waals surface area contributed by atoms with Gasteiger partial charge < -0.3 is 14.4 Å². The molecule has 4 rings (SSSR count). The van der Waals surface area contributed by atoms with Gasteiger partial charge in [0.25, 0.3) is 0 Å². The maximum absolute atomic E-state index is 13.8. The fourth-order valence-electron chi connectivity index (χ4n) is 4.25. The first kappa shape index (κ1) is 24.6. The number of aromatic nitrogens is 2. The van der Waals surface area contributed by atoms with Crippen molar-refractivity contribution >= 4 is 29.2 Å². The number of methoxy groups -OCH3 is 2. The van der Waals surface area contributed by atoms with Crippen LogP contribution in [0.5, 0.6) is 0 Å². The van der Waals surface area contributed by atoms with E-state index < -0.39 is 23.8 Å². The Morgan fingerprint density at radius 1 is 1.03 bits per heavy atom. The Morgan fingerprint density at radius 3 is 2.43 bits per heavy atom. The molecule has 0 unspecified atom stereocenters. The minimum atomic E-state index is -4.62. The highest BCUT2D eigenvalue weighted by Gasteiger charge is 2.40. The Bertz CT molecular complexity index is 1280. The number of anilines is 1. The highest BCUT2D eigenvalue weighted by Crippen LogP contribution is 2.40. The molecule has 1 aliphatic carbocycles. The van der Waals surface area contributed by atoms with Gasteiger partial charge in [-0.25, -0.2) is 14.3 Å². The summed E-state index contributed by atoms with van der Waals surface area (Å²) in [5.74, 6) is -1.65. The van der Waals surface area contributed by atoms with Crippen LogP contribution in [0.4, 0.5) is 18.9 Å². The van der Waals surface area contributed by atoms with E-state index in [1.807, 2.05) is 0 Å². The maximum Gasteiger partial charge on any atom is 0.435 e. The van der Waals surface area contributed by atoms with Gasteiger partial charge in [0.1, 0.15) is 5.70 Å². The molecule has 0 N–H and O–H groups in total. The summed E-state index contributed by atoms with van der Waals surface area (Å²) in [6.07, 6.45) is 3.34. The highest BCUT2D eigenvalue weighted by molar-refractivity contribution is 6.31. The lowest BCUT2D eigenvalue weighted by Gasteiger charge is -2.26. The Kier molecular flexibility index (Phi) is 6.75. The van der Waals surface area contributed by atoms with E-state index in [9.17, 15) is 22.8 Å². The molecule has 0 saturated heterocycles. The highest BCUT2D eigenvalue weighted by atomic mass is 35.5. The minimum Gasteiger partial charge on any atom is -0.465 e. The van der Waals surface area contributed by atoms with E-state index in [0.29, 0.717) is 25.0 Å². The molecule has 0 amide bonds. The van der Waals surface area contributed by atoms with E-state index in [1.54, 1.807) is 6.08 Å². The van der Waals surface area contributed by atoms with Gasteiger partial charge in [0.05, 0.1) is 31.2 Å². The van der Waals surface area contributed by atoms with E-state index in [1.165, 1.54) is 53.2 Å². The number of esters is 2. The van der Waals surface area contributed by atoms with Crippen LogP contribution in [-0.2, 0) is 38.1 Å². The molecule has 1 aromatic carbocycles. The second-order valence-electron chi connectivity index (χ2n) is 7.84. The van der Waals surface area contributed by atoms with Crippen molar-refractivity contribution in [2.75, 3.05) is 19.1 Å². The van der Waals surface area contributed by atoms with E-state index >= 15 is 0 Å². The first-order chi connectivity index (χ1) is 16.7. The van der Waals surface area contributed by atoms with E-state index in [4.69, 9.17) is 21.1 Å². The van der Waals surface area contributed by atoms with Crippen LogP contribution in [0.25, 0.3) is 5.69 Å². The molecule has 35 heavy (non-hydrogen) atoms. The minimum absolute atomic E-state index is 0.103. The average Bonchev–Trinajstić information content (AvgIpc) is 3.09. The van der Waals surface area contributed by atoms with Crippen molar-refractivity contribution < 1.29 is 32.2 Å². The van der Waals surface area contributed by atoms with Crippen LogP contribution in [-0.4, -0.2) is 35.9 Å². The molecule has 2 heterocycles. The Morgan fingerprint density at radius 2 is 1.74 bits per heavy atom. The monoisotopic (exact) mass is 507 g/mol. The summed E-state index contributed by atoms with van der Waals surface area (Å²) in [6.45, 7) is 0. The van der Waals surface area contributed by atoms with Crippen LogP contribution in [0.1, 0.15) is 29.8 Å². The second-order valence-corrected chi connectivity index (χ2v) is 8.28. The third-order valence-electron chi connectivity index (χ3n) is 5.76. The smallest absolute Gasteiger partial charge is 0.435 e. The number of hydrogen-bond acceptors (Lipinski definition) is 6. The zero-order valence-electron chi connectivity index (χ0n) is 18.9. The van der Waals surface area contributed by atoms with Crippen LogP contribution in [0.15, 0.2) is 53.9 Å². The number of alkyl halides is 3. The largest absolute Gasteiger partial charge is 0.465 e. The van der Waals surface area contributed by atoms with E-state index in [-0.39, 0.29) is 39.7 Å². The zero-order chi connectivity index (χ0) is 25.3. The number of ether oxygens (including phenoxy) is 2. The SMILES string of the molecule is COC(=O)C1=C(C(=O)OC)N(c2cc(Cl)ccc2-n2nc(C(F)(F)F)c3c2CCCC3)C=CC=C1. The number of hydrogen-bond donors (Lipinski definition) is 0. The summed E-state index contributed by atoms with van der Waals surface area (Å²) in [7, 11) is 2.32.